The van der Waals surface area contributed by atoms with Gasteiger partial charge in [-0.05, 0) is 13.0 Å². The van der Waals surface area contributed by atoms with E-state index in [0.29, 0.717) is 6.04 Å². The summed E-state index contributed by atoms with van der Waals surface area (Å²) in [4.78, 5) is 7.30. The molecule has 2 N–H and O–H groups in total. The second-order valence-electron chi connectivity index (χ2n) is 2.90. The van der Waals surface area contributed by atoms with Gasteiger partial charge in [-0.2, -0.15) is 0 Å². The largest absolute Gasteiger partial charge is 0.349 e. The number of imidazole rings is 1. The number of likely N-dealkylation sites (N-methyl/N-ethyl adjacent to an activating group) is 1. The average Bonchev–Trinajstić information content (AvgIpc) is 2.56. The highest BCUT2D eigenvalue weighted by molar-refractivity contribution is 4.90. The highest BCUT2D eigenvalue weighted by Crippen LogP contribution is 1.99. The van der Waals surface area contributed by atoms with Crippen LogP contribution in [-0.2, 0) is 6.42 Å². The van der Waals surface area contributed by atoms with Crippen molar-refractivity contribution in [3.63, 3.8) is 0 Å². The van der Waals surface area contributed by atoms with Gasteiger partial charge < -0.3 is 10.3 Å². The number of H-pyrrole nitrogens is 1. The molecule has 1 unspecified atom stereocenters. The Morgan fingerprint density at radius 2 is 2.42 bits per heavy atom. The molecule has 1 heterocycles. The molecular formula is C9H17N3. The lowest BCUT2D eigenvalue weighted by Crippen LogP contribution is -2.30. The zero-order valence-electron chi connectivity index (χ0n) is 7.80. The minimum atomic E-state index is 0.557. The summed E-state index contributed by atoms with van der Waals surface area (Å²) in [5.41, 5.74) is 0. The lowest BCUT2D eigenvalue weighted by molar-refractivity contribution is 0.501. The van der Waals surface area contributed by atoms with Crippen LogP contribution in [0, 0.1) is 0 Å². The van der Waals surface area contributed by atoms with Crippen LogP contribution in [0.5, 0.6) is 0 Å². The molecule has 0 saturated heterocycles. The number of rotatable bonds is 5. The van der Waals surface area contributed by atoms with Crippen LogP contribution in [0.2, 0.25) is 0 Å². The van der Waals surface area contributed by atoms with Gasteiger partial charge in [-0.1, -0.05) is 13.8 Å². The molecule has 0 aliphatic rings. The Labute approximate surface area is 73.6 Å². The maximum absolute atomic E-state index is 4.19. The summed E-state index contributed by atoms with van der Waals surface area (Å²) < 4.78 is 0. The highest BCUT2D eigenvalue weighted by atomic mass is 14.9. The lowest BCUT2D eigenvalue weighted by atomic mass is 10.1. The van der Waals surface area contributed by atoms with Gasteiger partial charge in [0.05, 0.1) is 0 Å². The molecule has 1 aromatic heterocycles. The molecule has 0 aliphatic heterocycles. The average molecular weight is 167 g/mol. The van der Waals surface area contributed by atoms with Crippen molar-refractivity contribution in [3.8, 4) is 0 Å². The second kappa shape index (κ2) is 4.93. The van der Waals surface area contributed by atoms with Crippen LogP contribution >= 0.6 is 0 Å². The Morgan fingerprint density at radius 1 is 1.58 bits per heavy atom. The molecule has 3 nitrogen and oxygen atoms in total. The van der Waals surface area contributed by atoms with E-state index in [1.54, 1.807) is 6.20 Å². The van der Waals surface area contributed by atoms with Gasteiger partial charge in [-0.3, -0.25) is 0 Å². The minimum Gasteiger partial charge on any atom is -0.349 e. The maximum Gasteiger partial charge on any atom is 0.107 e. The van der Waals surface area contributed by atoms with Crippen molar-refractivity contribution < 1.29 is 0 Å². The number of hydrogen-bond donors (Lipinski definition) is 2. The second-order valence-corrected chi connectivity index (χ2v) is 2.90. The summed E-state index contributed by atoms with van der Waals surface area (Å²) in [5, 5.41) is 3.41. The third-order valence-electron chi connectivity index (χ3n) is 1.98. The summed E-state index contributed by atoms with van der Waals surface area (Å²) in [7, 11) is 0. The summed E-state index contributed by atoms with van der Waals surface area (Å²) in [6.45, 7) is 5.35. The van der Waals surface area contributed by atoms with Gasteiger partial charge >= 0.3 is 0 Å². The lowest BCUT2D eigenvalue weighted by Gasteiger charge is -2.13. The van der Waals surface area contributed by atoms with Gasteiger partial charge in [0.15, 0.2) is 0 Å². The molecule has 0 bridgehead atoms. The third kappa shape index (κ3) is 2.66. The Bertz CT molecular complexity index is 194. The molecule has 68 valence electrons. The summed E-state index contributed by atoms with van der Waals surface area (Å²) in [6, 6.07) is 0.557. The van der Waals surface area contributed by atoms with Crippen LogP contribution in [0.1, 0.15) is 26.1 Å². The normalized spacial score (nSPS) is 13.2. The van der Waals surface area contributed by atoms with Gasteiger partial charge in [0.2, 0.25) is 0 Å². The van der Waals surface area contributed by atoms with Gasteiger partial charge in [-0.15, -0.1) is 0 Å². The van der Waals surface area contributed by atoms with E-state index in [1.807, 2.05) is 6.20 Å². The van der Waals surface area contributed by atoms with Crippen molar-refractivity contribution in [2.24, 2.45) is 0 Å². The van der Waals surface area contributed by atoms with Crippen LogP contribution < -0.4 is 5.32 Å². The van der Waals surface area contributed by atoms with E-state index >= 15 is 0 Å². The van der Waals surface area contributed by atoms with Crippen molar-refractivity contribution in [2.45, 2.75) is 32.7 Å². The molecule has 3 heteroatoms. The van der Waals surface area contributed by atoms with Gasteiger partial charge in [0, 0.05) is 24.9 Å². The van der Waals surface area contributed by atoms with Crippen molar-refractivity contribution in [3.05, 3.63) is 18.2 Å². The molecule has 1 rings (SSSR count). The first kappa shape index (κ1) is 9.26. The van der Waals surface area contributed by atoms with Crippen LogP contribution in [0.4, 0.5) is 0 Å². The molecule has 0 aromatic carbocycles. The number of nitrogens with zero attached hydrogens (tertiary/aromatic N) is 1. The topological polar surface area (TPSA) is 40.7 Å². The SMILES string of the molecule is CCNC(CC)Cc1ncc[nH]1. The smallest absolute Gasteiger partial charge is 0.107 e. The molecular weight excluding hydrogens is 150 g/mol. The van der Waals surface area contributed by atoms with Gasteiger partial charge in [-0.25, -0.2) is 4.98 Å². The molecule has 12 heavy (non-hydrogen) atoms. The summed E-state index contributed by atoms with van der Waals surface area (Å²) in [5.74, 6) is 1.07. The highest BCUT2D eigenvalue weighted by Gasteiger charge is 2.06. The predicted octanol–water partition coefficient (Wildman–Crippen LogP) is 1.34. The third-order valence-corrected chi connectivity index (χ3v) is 1.98. The Morgan fingerprint density at radius 3 is 2.92 bits per heavy atom. The Hall–Kier alpha value is -0.830. The van der Waals surface area contributed by atoms with Crippen LogP contribution in [0.3, 0.4) is 0 Å². The van der Waals surface area contributed by atoms with E-state index in [9.17, 15) is 0 Å². The first-order valence-electron chi connectivity index (χ1n) is 4.58. The molecule has 1 aromatic rings. The fraction of sp³-hybridized carbons (Fsp3) is 0.667. The Kier molecular flexibility index (Phi) is 3.80. The van der Waals surface area contributed by atoms with E-state index < -0.39 is 0 Å². The van der Waals surface area contributed by atoms with E-state index in [4.69, 9.17) is 0 Å². The molecule has 0 amide bonds. The van der Waals surface area contributed by atoms with E-state index in [-0.39, 0.29) is 0 Å². The van der Waals surface area contributed by atoms with Crippen LogP contribution in [0.25, 0.3) is 0 Å². The van der Waals surface area contributed by atoms with E-state index in [1.165, 1.54) is 0 Å². The van der Waals surface area contributed by atoms with Crippen molar-refractivity contribution >= 4 is 0 Å². The first-order valence-corrected chi connectivity index (χ1v) is 4.58. The predicted molar refractivity (Wildman–Crippen MR) is 50.0 cm³/mol. The van der Waals surface area contributed by atoms with E-state index in [0.717, 1.165) is 25.2 Å². The maximum atomic E-state index is 4.19. The summed E-state index contributed by atoms with van der Waals surface area (Å²) >= 11 is 0. The quantitative estimate of drug-likeness (QED) is 0.694. The van der Waals surface area contributed by atoms with Crippen molar-refractivity contribution in [1.29, 1.82) is 0 Å². The molecule has 0 aliphatic carbocycles. The first-order chi connectivity index (χ1) is 5.86. The van der Waals surface area contributed by atoms with Crippen molar-refractivity contribution in [2.75, 3.05) is 6.54 Å². The molecule has 0 radical (unpaired) electrons. The fourth-order valence-corrected chi connectivity index (χ4v) is 1.29. The number of hydrogen-bond acceptors (Lipinski definition) is 2. The molecule has 0 saturated carbocycles. The summed E-state index contributed by atoms with van der Waals surface area (Å²) in [6.07, 6.45) is 5.81. The molecule has 0 spiro atoms. The monoisotopic (exact) mass is 167 g/mol. The van der Waals surface area contributed by atoms with Gasteiger partial charge in [0.1, 0.15) is 5.82 Å². The zero-order valence-corrected chi connectivity index (χ0v) is 7.80. The molecule has 0 fully saturated rings. The number of aromatic nitrogens is 2. The molecule has 1 atom stereocenters. The van der Waals surface area contributed by atoms with Crippen LogP contribution in [0.15, 0.2) is 12.4 Å². The standard InChI is InChI=1S/C9H17N3/c1-3-8(10-4-2)7-9-11-5-6-12-9/h5-6,8,10H,3-4,7H2,1-2H3,(H,11,12). The zero-order chi connectivity index (χ0) is 8.81. The van der Waals surface area contributed by atoms with E-state index in [2.05, 4.69) is 29.1 Å². The van der Waals surface area contributed by atoms with Gasteiger partial charge in [0.25, 0.3) is 0 Å². The number of nitrogens with one attached hydrogen (secondary N) is 2. The van der Waals surface area contributed by atoms with Crippen molar-refractivity contribution in [1.82, 2.24) is 15.3 Å². The van der Waals surface area contributed by atoms with Crippen LogP contribution in [-0.4, -0.2) is 22.6 Å². The Balaban J connectivity index is 2.37. The fourth-order valence-electron chi connectivity index (χ4n) is 1.29. The minimum absolute atomic E-state index is 0.557. The number of aromatic amines is 1.